The highest BCUT2D eigenvalue weighted by Crippen LogP contribution is 2.31. The van der Waals surface area contributed by atoms with E-state index in [1.165, 1.54) is 6.92 Å². The Morgan fingerprint density at radius 3 is 2.64 bits per heavy atom. The summed E-state index contributed by atoms with van der Waals surface area (Å²) < 4.78 is 5.60. The zero-order chi connectivity index (χ0) is 16.2. The van der Waals surface area contributed by atoms with E-state index in [9.17, 15) is 9.59 Å². The van der Waals surface area contributed by atoms with Crippen LogP contribution in [0.3, 0.4) is 0 Å². The van der Waals surface area contributed by atoms with Gasteiger partial charge in [-0.1, -0.05) is 25.3 Å². The maximum atomic E-state index is 12.2. The minimum atomic E-state index is -0.689. The van der Waals surface area contributed by atoms with E-state index in [2.05, 4.69) is 23.8 Å². The predicted octanol–water partition coefficient (Wildman–Crippen LogP) is 1.74. The van der Waals surface area contributed by atoms with Crippen LogP contribution in [0.15, 0.2) is 48.8 Å². The van der Waals surface area contributed by atoms with Crippen molar-refractivity contribution >= 4 is 11.8 Å². The zero-order valence-corrected chi connectivity index (χ0v) is 12.9. The van der Waals surface area contributed by atoms with E-state index in [1.54, 1.807) is 24.3 Å². The summed E-state index contributed by atoms with van der Waals surface area (Å²) in [5.74, 6) is 0.239. The fourth-order valence-corrected chi connectivity index (χ4v) is 2.67. The van der Waals surface area contributed by atoms with Crippen molar-refractivity contribution < 1.29 is 14.3 Å². The van der Waals surface area contributed by atoms with E-state index < -0.39 is 6.10 Å². The van der Waals surface area contributed by atoms with Crippen LogP contribution in [0.25, 0.3) is 0 Å². The van der Waals surface area contributed by atoms with Crippen LogP contribution in [0.5, 0.6) is 0 Å². The third-order valence-electron chi connectivity index (χ3n) is 4.01. The summed E-state index contributed by atoms with van der Waals surface area (Å²) >= 11 is 0. The monoisotopic (exact) mass is 302 g/mol. The van der Waals surface area contributed by atoms with Crippen LogP contribution in [0, 0.1) is 0 Å². The van der Waals surface area contributed by atoms with Gasteiger partial charge >= 0.3 is 0 Å². The number of ether oxygens (including phenoxy) is 1. The van der Waals surface area contributed by atoms with Gasteiger partial charge in [-0.25, -0.2) is 0 Å². The Hall–Kier alpha value is -2.30. The average molecular weight is 302 g/mol. The Morgan fingerprint density at radius 2 is 2.14 bits per heavy atom. The van der Waals surface area contributed by atoms with Crippen LogP contribution >= 0.6 is 0 Å². The second kappa shape index (κ2) is 6.64. The Bertz CT molecular complexity index is 556. The second-order valence-electron chi connectivity index (χ2n) is 5.66. The van der Waals surface area contributed by atoms with Crippen LogP contribution in [0.2, 0.25) is 0 Å². The number of carbonyl (C=O) groups is 2. The van der Waals surface area contributed by atoms with Gasteiger partial charge in [0.25, 0.3) is 5.91 Å². The average Bonchev–Trinajstić information content (AvgIpc) is 2.48. The largest absolute Gasteiger partial charge is 0.476 e. The maximum Gasteiger partial charge on any atom is 0.265 e. The number of carbonyl (C=O) groups excluding carboxylic acids is 2. The van der Waals surface area contributed by atoms with Gasteiger partial charge in [0.1, 0.15) is 5.76 Å². The number of rotatable bonds is 6. The molecule has 1 fully saturated rings. The number of hydrogen-bond acceptors (Lipinski definition) is 3. The molecule has 0 aromatic heterocycles. The molecule has 22 heavy (non-hydrogen) atoms. The Kier molecular flexibility index (Phi) is 4.85. The molecule has 0 spiro atoms. The number of amides is 2. The molecule has 2 aliphatic rings. The molecule has 5 nitrogen and oxygen atoms in total. The van der Waals surface area contributed by atoms with Crippen molar-refractivity contribution in [3.05, 3.63) is 48.8 Å². The van der Waals surface area contributed by atoms with E-state index in [1.807, 2.05) is 0 Å². The summed E-state index contributed by atoms with van der Waals surface area (Å²) in [5, 5.41) is 5.80. The summed E-state index contributed by atoms with van der Waals surface area (Å²) in [6.07, 6.45) is 8.83. The van der Waals surface area contributed by atoms with Gasteiger partial charge in [0.05, 0.1) is 5.54 Å². The normalized spacial score (nSPS) is 22.1. The molecule has 1 saturated carbocycles. The molecule has 0 radical (unpaired) electrons. The first-order chi connectivity index (χ1) is 10.5. The highest BCUT2D eigenvalue weighted by atomic mass is 16.5. The first kappa shape index (κ1) is 16.1. The van der Waals surface area contributed by atoms with Gasteiger partial charge in [0.2, 0.25) is 5.91 Å². The summed E-state index contributed by atoms with van der Waals surface area (Å²) in [4.78, 5) is 23.5. The van der Waals surface area contributed by atoms with Gasteiger partial charge in [0.15, 0.2) is 6.10 Å². The lowest BCUT2D eigenvalue weighted by molar-refractivity contribution is -0.129. The van der Waals surface area contributed by atoms with Gasteiger partial charge < -0.3 is 15.4 Å². The number of allylic oxidation sites excluding steroid dienone is 4. The molecule has 2 N–H and O–H groups in total. The van der Waals surface area contributed by atoms with Gasteiger partial charge in [0, 0.05) is 19.0 Å². The van der Waals surface area contributed by atoms with E-state index in [4.69, 9.17) is 4.74 Å². The molecule has 1 aliphatic heterocycles. The van der Waals surface area contributed by atoms with Crippen LogP contribution < -0.4 is 10.6 Å². The summed E-state index contributed by atoms with van der Waals surface area (Å²) in [5.41, 5.74) is 0.497. The van der Waals surface area contributed by atoms with Crippen molar-refractivity contribution in [1.82, 2.24) is 10.6 Å². The third kappa shape index (κ3) is 3.47. The summed E-state index contributed by atoms with van der Waals surface area (Å²) in [6.45, 7) is 9.27. The lowest BCUT2D eigenvalue weighted by atomic mass is 9.76. The van der Waals surface area contributed by atoms with Crippen LogP contribution in [0.4, 0.5) is 0 Å². The molecule has 0 saturated heterocycles. The van der Waals surface area contributed by atoms with Crippen molar-refractivity contribution in [3.63, 3.8) is 0 Å². The predicted molar refractivity (Wildman–Crippen MR) is 84.8 cm³/mol. The molecule has 1 aliphatic carbocycles. The molecule has 1 unspecified atom stereocenters. The minimum absolute atomic E-state index is 0.0738. The smallest absolute Gasteiger partial charge is 0.265 e. The quantitative estimate of drug-likeness (QED) is 0.785. The standard InChI is InChI=1S/C17H22N2O3/c1-4-13-7-8-15(22-14(13)5-2)16(21)18-11-17(9-6-10-17)19-12(3)20/h4-5,7-8,15H,1-2,6,9-11H2,3H3,(H,18,21)(H,19,20). The molecule has 118 valence electrons. The topological polar surface area (TPSA) is 67.4 Å². The zero-order valence-electron chi connectivity index (χ0n) is 12.9. The molecule has 0 aromatic carbocycles. The molecule has 2 amide bonds. The van der Waals surface area contributed by atoms with Crippen molar-refractivity contribution in [3.8, 4) is 0 Å². The SMILES string of the molecule is C=CC1=C(C=C)OC(C(=O)NCC2(NC(C)=O)CCC2)C=C1. The number of nitrogens with one attached hydrogen (secondary N) is 2. The maximum absolute atomic E-state index is 12.2. The lowest BCUT2D eigenvalue weighted by Gasteiger charge is -2.42. The van der Waals surface area contributed by atoms with Gasteiger partial charge in [-0.15, -0.1) is 0 Å². The van der Waals surface area contributed by atoms with E-state index in [-0.39, 0.29) is 17.4 Å². The Labute approximate surface area is 130 Å². The summed E-state index contributed by atoms with van der Waals surface area (Å²) in [6, 6.07) is 0. The molecule has 1 heterocycles. The molecule has 2 rings (SSSR count). The van der Waals surface area contributed by atoms with Crippen molar-refractivity contribution in [1.29, 1.82) is 0 Å². The highest BCUT2D eigenvalue weighted by Gasteiger charge is 2.38. The first-order valence-electron chi connectivity index (χ1n) is 7.40. The Morgan fingerprint density at radius 1 is 1.41 bits per heavy atom. The second-order valence-corrected chi connectivity index (χ2v) is 5.66. The van der Waals surface area contributed by atoms with Crippen molar-refractivity contribution in [2.24, 2.45) is 0 Å². The van der Waals surface area contributed by atoms with Crippen LogP contribution in [-0.4, -0.2) is 30.0 Å². The third-order valence-corrected chi connectivity index (χ3v) is 4.01. The molecule has 5 heteroatoms. The number of hydrogen-bond donors (Lipinski definition) is 2. The van der Waals surface area contributed by atoms with Gasteiger partial charge in [-0.05, 0) is 31.4 Å². The minimum Gasteiger partial charge on any atom is -0.476 e. The van der Waals surface area contributed by atoms with E-state index in [0.717, 1.165) is 24.8 Å². The van der Waals surface area contributed by atoms with Crippen LogP contribution in [0.1, 0.15) is 26.2 Å². The van der Waals surface area contributed by atoms with E-state index >= 15 is 0 Å². The molecule has 0 aromatic rings. The van der Waals surface area contributed by atoms with Gasteiger partial charge in [-0.3, -0.25) is 9.59 Å². The fourth-order valence-electron chi connectivity index (χ4n) is 2.67. The summed E-state index contributed by atoms with van der Waals surface area (Å²) in [7, 11) is 0. The van der Waals surface area contributed by atoms with Crippen molar-refractivity contribution in [2.75, 3.05) is 6.54 Å². The molecular weight excluding hydrogens is 280 g/mol. The van der Waals surface area contributed by atoms with Crippen LogP contribution in [-0.2, 0) is 14.3 Å². The first-order valence-corrected chi connectivity index (χ1v) is 7.40. The Balaban J connectivity index is 1.92. The molecule has 1 atom stereocenters. The van der Waals surface area contributed by atoms with E-state index in [0.29, 0.717) is 12.3 Å². The van der Waals surface area contributed by atoms with Gasteiger partial charge in [-0.2, -0.15) is 0 Å². The highest BCUT2D eigenvalue weighted by molar-refractivity contribution is 5.83. The molecule has 0 bridgehead atoms. The molecular formula is C17H22N2O3. The fraction of sp³-hybridized carbons (Fsp3) is 0.412. The lowest BCUT2D eigenvalue weighted by Crippen LogP contribution is -2.60. The van der Waals surface area contributed by atoms with Crippen molar-refractivity contribution in [2.45, 2.75) is 37.8 Å².